The Bertz CT molecular complexity index is 580. The quantitative estimate of drug-likeness (QED) is 0.903. The fourth-order valence-corrected chi connectivity index (χ4v) is 2.85. The zero-order valence-electron chi connectivity index (χ0n) is 13.6. The van der Waals surface area contributed by atoms with Crippen molar-refractivity contribution >= 4 is 11.7 Å². The SMILES string of the molecule is CN1CCN(c2ncccc2CNC(=O)C2=CCCCO2)CC1. The summed E-state index contributed by atoms with van der Waals surface area (Å²) in [7, 11) is 2.13. The van der Waals surface area contributed by atoms with Crippen LogP contribution in [0, 0.1) is 0 Å². The first-order valence-electron chi connectivity index (χ1n) is 8.22. The average molecular weight is 316 g/mol. The summed E-state index contributed by atoms with van der Waals surface area (Å²) in [6.45, 7) is 5.07. The van der Waals surface area contributed by atoms with Gasteiger partial charge in [0.1, 0.15) is 5.82 Å². The van der Waals surface area contributed by atoms with Crippen molar-refractivity contribution in [2.45, 2.75) is 19.4 Å². The molecular formula is C17H24N4O2. The van der Waals surface area contributed by atoms with E-state index in [9.17, 15) is 4.79 Å². The lowest BCUT2D eigenvalue weighted by Gasteiger charge is -2.34. The summed E-state index contributed by atoms with van der Waals surface area (Å²) >= 11 is 0. The number of carbonyl (C=O) groups excluding carboxylic acids is 1. The summed E-state index contributed by atoms with van der Waals surface area (Å²) in [4.78, 5) is 21.3. The molecule has 0 unspecified atom stereocenters. The highest BCUT2D eigenvalue weighted by molar-refractivity contribution is 5.91. The van der Waals surface area contributed by atoms with Crippen molar-refractivity contribution in [2.24, 2.45) is 0 Å². The predicted octanol–water partition coefficient (Wildman–Crippen LogP) is 1.14. The Labute approximate surface area is 137 Å². The van der Waals surface area contributed by atoms with Crippen molar-refractivity contribution < 1.29 is 9.53 Å². The summed E-state index contributed by atoms with van der Waals surface area (Å²) in [6.07, 6.45) is 5.56. The molecule has 0 spiro atoms. The number of likely N-dealkylation sites (N-methyl/N-ethyl adjacent to an activating group) is 1. The number of piperazine rings is 1. The largest absolute Gasteiger partial charge is 0.488 e. The Kier molecular flexibility index (Phi) is 5.12. The molecule has 1 aromatic rings. The van der Waals surface area contributed by atoms with Crippen molar-refractivity contribution in [3.8, 4) is 0 Å². The van der Waals surface area contributed by atoms with E-state index < -0.39 is 0 Å². The zero-order chi connectivity index (χ0) is 16.1. The molecule has 2 aliphatic rings. The topological polar surface area (TPSA) is 57.7 Å². The molecule has 6 nitrogen and oxygen atoms in total. The number of rotatable bonds is 4. The number of hydrogen-bond donors (Lipinski definition) is 1. The van der Waals surface area contributed by atoms with Crippen LogP contribution in [-0.4, -0.2) is 55.6 Å². The molecular weight excluding hydrogens is 292 g/mol. The van der Waals surface area contributed by atoms with E-state index in [2.05, 4.69) is 27.1 Å². The van der Waals surface area contributed by atoms with Gasteiger partial charge in [-0.05, 0) is 32.0 Å². The van der Waals surface area contributed by atoms with Gasteiger partial charge in [0.2, 0.25) is 0 Å². The summed E-state index contributed by atoms with van der Waals surface area (Å²) in [5.74, 6) is 1.28. The molecule has 1 saturated heterocycles. The predicted molar refractivity (Wildman–Crippen MR) is 89.1 cm³/mol. The van der Waals surface area contributed by atoms with E-state index in [0.717, 1.165) is 50.4 Å². The van der Waals surface area contributed by atoms with Crippen molar-refractivity contribution in [3.63, 3.8) is 0 Å². The van der Waals surface area contributed by atoms with E-state index in [1.54, 1.807) is 0 Å². The van der Waals surface area contributed by atoms with Crippen LogP contribution >= 0.6 is 0 Å². The maximum Gasteiger partial charge on any atom is 0.286 e. The van der Waals surface area contributed by atoms with Crippen LogP contribution in [0.3, 0.4) is 0 Å². The lowest BCUT2D eigenvalue weighted by Crippen LogP contribution is -2.45. The molecule has 3 heterocycles. The van der Waals surface area contributed by atoms with Gasteiger partial charge in [-0.2, -0.15) is 0 Å². The number of allylic oxidation sites excluding steroid dienone is 1. The minimum atomic E-state index is -0.141. The van der Waals surface area contributed by atoms with E-state index in [1.807, 2.05) is 24.4 Å². The molecule has 0 saturated carbocycles. The molecule has 1 fully saturated rings. The highest BCUT2D eigenvalue weighted by Gasteiger charge is 2.19. The number of carbonyl (C=O) groups is 1. The molecule has 0 bridgehead atoms. The lowest BCUT2D eigenvalue weighted by molar-refractivity contribution is -0.121. The van der Waals surface area contributed by atoms with Gasteiger partial charge in [-0.25, -0.2) is 4.98 Å². The van der Waals surface area contributed by atoms with Crippen LogP contribution in [-0.2, 0) is 16.1 Å². The number of hydrogen-bond acceptors (Lipinski definition) is 5. The van der Waals surface area contributed by atoms with Crippen molar-refractivity contribution in [1.29, 1.82) is 0 Å². The number of ether oxygens (including phenoxy) is 1. The van der Waals surface area contributed by atoms with Crippen LogP contribution in [0.1, 0.15) is 18.4 Å². The molecule has 0 atom stereocenters. The molecule has 6 heteroatoms. The molecule has 2 aliphatic heterocycles. The Hall–Kier alpha value is -2.08. The van der Waals surface area contributed by atoms with Crippen LogP contribution < -0.4 is 10.2 Å². The fourth-order valence-electron chi connectivity index (χ4n) is 2.85. The smallest absolute Gasteiger partial charge is 0.286 e. The van der Waals surface area contributed by atoms with Gasteiger partial charge in [-0.15, -0.1) is 0 Å². The molecule has 124 valence electrons. The maximum absolute atomic E-state index is 12.2. The zero-order valence-corrected chi connectivity index (χ0v) is 13.6. The maximum atomic E-state index is 12.2. The molecule has 1 N–H and O–H groups in total. The second-order valence-corrected chi connectivity index (χ2v) is 6.02. The number of aromatic nitrogens is 1. The number of nitrogens with one attached hydrogen (secondary N) is 1. The van der Waals surface area contributed by atoms with Crippen molar-refractivity contribution in [3.05, 3.63) is 35.7 Å². The van der Waals surface area contributed by atoms with Crippen molar-refractivity contribution in [1.82, 2.24) is 15.2 Å². The summed E-state index contributed by atoms with van der Waals surface area (Å²) < 4.78 is 5.40. The molecule has 1 aromatic heterocycles. The van der Waals surface area contributed by atoms with Crippen molar-refractivity contribution in [2.75, 3.05) is 44.7 Å². The van der Waals surface area contributed by atoms with Crippen LogP contribution in [0.4, 0.5) is 5.82 Å². The highest BCUT2D eigenvalue weighted by atomic mass is 16.5. The molecule has 3 rings (SSSR count). The van der Waals surface area contributed by atoms with Gasteiger partial charge in [-0.3, -0.25) is 4.79 Å². The minimum Gasteiger partial charge on any atom is -0.488 e. The van der Waals surface area contributed by atoms with Crippen LogP contribution in [0.25, 0.3) is 0 Å². The molecule has 0 aliphatic carbocycles. The van der Waals surface area contributed by atoms with Crippen LogP contribution in [0.2, 0.25) is 0 Å². The standard InChI is InChI=1S/C17H24N4O2/c1-20-8-10-21(11-9-20)16-14(5-4-7-18-16)13-19-17(22)15-6-2-3-12-23-15/h4-7H,2-3,8-13H2,1H3,(H,19,22). The third-order valence-electron chi connectivity index (χ3n) is 4.27. The number of amides is 1. The minimum absolute atomic E-state index is 0.141. The first kappa shape index (κ1) is 15.8. The van der Waals surface area contributed by atoms with Gasteiger partial charge in [0, 0.05) is 44.5 Å². The van der Waals surface area contributed by atoms with Gasteiger partial charge < -0.3 is 19.9 Å². The molecule has 0 aromatic carbocycles. The average Bonchev–Trinajstić information content (AvgIpc) is 2.61. The highest BCUT2D eigenvalue weighted by Crippen LogP contribution is 2.19. The second kappa shape index (κ2) is 7.46. The third kappa shape index (κ3) is 4.01. The Morgan fingerprint density at radius 1 is 1.35 bits per heavy atom. The lowest BCUT2D eigenvalue weighted by atomic mass is 10.2. The second-order valence-electron chi connectivity index (χ2n) is 6.02. The Morgan fingerprint density at radius 2 is 2.17 bits per heavy atom. The van der Waals surface area contributed by atoms with Crippen LogP contribution in [0.15, 0.2) is 30.2 Å². The molecule has 1 amide bonds. The van der Waals surface area contributed by atoms with Gasteiger partial charge in [0.05, 0.1) is 6.61 Å². The van der Waals surface area contributed by atoms with Gasteiger partial charge in [0.25, 0.3) is 5.91 Å². The Morgan fingerprint density at radius 3 is 2.91 bits per heavy atom. The monoisotopic (exact) mass is 316 g/mol. The summed E-state index contributed by atoms with van der Waals surface area (Å²) in [5, 5.41) is 2.95. The van der Waals surface area contributed by atoms with Gasteiger partial charge in [0.15, 0.2) is 5.76 Å². The normalized spacial score (nSPS) is 19.0. The van der Waals surface area contributed by atoms with E-state index in [4.69, 9.17) is 4.74 Å². The number of nitrogens with zero attached hydrogens (tertiary/aromatic N) is 3. The van der Waals surface area contributed by atoms with E-state index >= 15 is 0 Å². The van der Waals surface area contributed by atoms with E-state index in [-0.39, 0.29) is 5.91 Å². The number of pyridine rings is 1. The number of anilines is 1. The van der Waals surface area contributed by atoms with Gasteiger partial charge in [-0.1, -0.05) is 6.07 Å². The third-order valence-corrected chi connectivity index (χ3v) is 4.27. The fraction of sp³-hybridized carbons (Fsp3) is 0.529. The van der Waals surface area contributed by atoms with Crippen LogP contribution in [0.5, 0.6) is 0 Å². The van der Waals surface area contributed by atoms with E-state index in [1.165, 1.54) is 0 Å². The molecule has 0 radical (unpaired) electrons. The van der Waals surface area contributed by atoms with Gasteiger partial charge >= 0.3 is 0 Å². The Balaban J connectivity index is 1.64. The molecule has 23 heavy (non-hydrogen) atoms. The van der Waals surface area contributed by atoms with E-state index in [0.29, 0.717) is 18.9 Å². The summed E-state index contributed by atoms with van der Waals surface area (Å²) in [5.41, 5.74) is 1.04. The first-order valence-corrected chi connectivity index (χ1v) is 8.22. The first-order chi connectivity index (χ1) is 11.2. The summed E-state index contributed by atoms with van der Waals surface area (Å²) in [6, 6.07) is 3.94.